The van der Waals surface area contributed by atoms with E-state index in [-0.39, 0.29) is 11.6 Å². The lowest BCUT2D eigenvalue weighted by Crippen LogP contribution is -2.28. The highest BCUT2D eigenvalue weighted by Crippen LogP contribution is 2.33. The van der Waals surface area contributed by atoms with Crippen molar-refractivity contribution >= 4 is 22.9 Å². The van der Waals surface area contributed by atoms with Crippen molar-refractivity contribution in [3.63, 3.8) is 0 Å². The van der Waals surface area contributed by atoms with Gasteiger partial charge in [0.2, 0.25) is 0 Å². The van der Waals surface area contributed by atoms with Crippen molar-refractivity contribution < 1.29 is 9.59 Å². The predicted octanol–water partition coefficient (Wildman–Crippen LogP) is 13.5. The monoisotopic (exact) mass is 687 g/mol. The summed E-state index contributed by atoms with van der Waals surface area (Å²) >= 11 is 0. The van der Waals surface area contributed by atoms with E-state index in [0.29, 0.717) is 22.3 Å². The van der Waals surface area contributed by atoms with Crippen molar-refractivity contribution in [3.05, 3.63) is 58.7 Å². The number of hydrogen-bond donors (Lipinski definition) is 0. The Kier molecular flexibility index (Phi) is 21.2. The van der Waals surface area contributed by atoms with Crippen molar-refractivity contribution in [3.8, 4) is 0 Å². The molecule has 2 aromatic rings. The first-order valence-corrected chi connectivity index (χ1v) is 21.4. The van der Waals surface area contributed by atoms with Gasteiger partial charge in [0, 0.05) is 59.8 Å². The SMILES string of the molecule is CCCCCCCCN(CCCCCCCC)c1ccc2c(c1)C(=O)c1ccc(N(CCCCCCCC)CCCCCCCC)cc1C2=O. The summed E-state index contributed by atoms with van der Waals surface area (Å²) in [6.07, 6.45) is 30.5. The van der Waals surface area contributed by atoms with Crippen molar-refractivity contribution in [2.75, 3.05) is 36.0 Å². The van der Waals surface area contributed by atoms with Crippen LogP contribution in [-0.2, 0) is 0 Å². The first-order chi connectivity index (χ1) is 24.5. The van der Waals surface area contributed by atoms with Gasteiger partial charge in [-0.2, -0.15) is 0 Å². The average Bonchev–Trinajstić information content (AvgIpc) is 3.14. The summed E-state index contributed by atoms with van der Waals surface area (Å²) in [5.74, 6) is 0.000888. The number of ketones is 2. The maximum atomic E-state index is 14.0. The Labute approximate surface area is 308 Å². The van der Waals surface area contributed by atoms with E-state index in [1.807, 2.05) is 24.3 Å². The first kappa shape index (κ1) is 41.8. The van der Waals surface area contributed by atoms with Crippen LogP contribution in [0.2, 0.25) is 0 Å². The molecule has 0 radical (unpaired) electrons. The van der Waals surface area contributed by atoms with E-state index in [2.05, 4.69) is 49.6 Å². The molecule has 0 atom stereocenters. The van der Waals surface area contributed by atoms with Gasteiger partial charge in [0.05, 0.1) is 0 Å². The molecule has 0 heterocycles. The normalized spacial score (nSPS) is 12.3. The third-order valence-electron chi connectivity index (χ3n) is 10.8. The fourth-order valence-electron chi connectivity index (χ4n) is 7.59. The van der Waals surface area contributed by atoms with Crippen LogP contribution in [-0.4, -0.2) is 37.7 Å². The highest BCUT2D eigenvalue weighted by molar-refractivity contribution is 6.28. The molecule has 0 spiro atoms. The van der Waals surface area contributed by atoms with Crippen LogP contribution < -0.4 is 9.80 Å². The fraction of sp³-hybridized carbons (Fsp3) is 0.696. The van der Waals surface area contributed by atoms with E-state index in [1.54, 1.807) is 0 Å². The highest BCUT2D eigenvalue weighted by Gasteiger charge is 2.31. The minimum Gasteiger partial charge on any atom is -0.372 e. The zero-order chi connectivity index (χ0) is 35.8. The molecule has 1 aliphatic rings. The molecule has 0 saturated heterocycles. The number of carbonyl (C=O) groups excluding carboxylic acids is 2. The summed E-state index contributed by atoms with van der Waals surface area (Å²) in [5, 5.41) is 0. The second kappa shape index (κ2) is 25.4. The van der Waals surface area contributed by atoms with E-state index in [0.717, 1.165) is 37.6 Å². The molecule has 0 bridgehead atoms. The Balaban J connectivity index is 1.75. The Hall–Kier alpha value is -2.62. The molecular weight excluding hydrogens is 613 g/mol. The smallest absolute Gasteiger partial charge is 0.194 e. The number of anilines is 2. The van der Waals surface area contributed by atoms with Gasteiger partial charge < -0.3 is 9.80 Å². The van der Waals surface area contributed by atoms with Crippen LogP contribution in [0.25, 0.3) is 0 Å². The number of benzene rings is 2. The maximum Gasteiger partial charge on any atom is 0.194 e. The second-order valence-corrected chi connectivity index (χ2v) is 15.2. The van der Waals surface area contributed by atoms with Crippen LogP contribution in [0.15, 0.2) is 36.4 Å². The quantitative estimate of drug-likeness (QED) is 0.0655. The molecule has 0 fully saturated rings. The second-order valence-electron chi connectivity index (χ2n) is 15.2. The Morgan fingerprint density at radius 3 is 0.880 bits per heavy atom. The number of hydrogen-bond acceptors (Lipinski definition) is 4. The van der Waals surface area contributed by atoms with E-state index in [1.165, 1.54) is 154 Å². The first-order valence-electron chi connectivity index (χ1n) is 21.4. The van der Waals surface area contributed by atoms with Crippen molar-refractivity contribution in [1.82, 2.24) is 0 Å². The third-order valence-corrected chi connectivity index (χ3v) is 10.8. The molecule has 280 valence electrons. The van der Waals surface area contributed by atoms with Crippen LogP contribution in [0, 0.1) is 0 Å². The molecular formula is C46H74N2O2. The minimum atomic E-state index is 0.000444. The Morgan fingerprint density at radius 2 is 0.600 bits per heavy atom. The van der Waals surface area contributed by atoms with Gasteiger partial charge in [-0.05, 0) is 62.1 Å². The van der Waals surface area contributed by atoms with E-state index < -0.39 is 0 Å². The van der Waals surface area contributed by atoms with E-state index in [4.69, 9.17) is 0 Å². The van der Waals surface area contributed by atoms with Crippen molar-refractivity contribution in [2.45, 2.75) is 182 Å². The summed E-state index contributed by atoms with van der Waals surface area (Å²) in [6.45, 7) is 13.1. The molecule has 0 N–H and O–H groups in total. The molecule has 0 aromatic heterocycles. The van der Waals surface area contributed by atoms with Crippen LogP contribution >= 0.6 is 0 Å². The van der Waals surface area contributed by atoms with Gasteiger partial charge in [-0.15, -0.1) is 0 Å². The molecule has 0 saturated carbocycles. The van der Waals surface area contributed by atoms with Gasteiger partial charge in [-0.1, -0.05) is 156 Å². The molecule has 50 heavy (non-hydrogen) atoms. The Bertz CT molecular complexity index is 1110. The van der Waals surface area contributed by atoms with E-state index in [9.17, 15) is 9.59 Å². The van der Waals surface area contributed by atoms with Crippen LogP contribution in [0.5, 0.6) is 0 Å². The minimum absolute atomic E-state index is 0.000444. The zero-order valence-electron chi connectivity index (χ0n) is 33.0. The van der Waals surface area contributed by atoms with Gasteiger partial charge in [0.25, 0.3) is 0 Å². The highest BCUT2D eigenvalue weighted by atomic mass is 16.1. The topological polar surface area (TPSA) is 40.6 Å². The molecule has 0 aliphatic heterocycles. The van der Waals surface area contributed by atoms with Crippen molar-refractivity contribution in [2.24, 2.45) is 0 Å². The van der Waals surface area contributed by atoms with Crippen LogP contribution in [0.1, 0.15) is 214 Å². The predicted molar refractivity (Wildman–Crippen MR) is 218 cm³/mol. The molecule has 0 amide bonds. The van der Waals surface area contributed by atoms with Gasteiger partial charge in [0.15, 0.2) is 11.6 Å². The molecule has 3 rings (SSSR count). The lowest BCUT2D eigenvalue weighted by Gasteiger charge is -2.28. The van der Waals surface area contributed by atoms with Gasteiger partial charge in [-0.3, -0.25) is 9.59 Å². The molecule has 0 unspecified atom stereocenters. The van der Waals surface area contributed by atoms with Gasteiger partial charge in [-0.25, -0.2) is 0 Å². The summed E-state index contributed by atoms with van der Waals surface area (Å²) in [5.41, 5.74) is 4.49. The maximum absolute atomic E-state index is 14.0. The number of unbranched alkanes of at least 4 members (excludes halogenated alkanes) is 20. The lowest BCUT2D eigenvalue weighted by atomic mass is 9.83. The molecule has 1 aliphatic carbocycles. The average molecular weight is 687 g/mol. The van der Waals surface area contributed by atoms with Gasteiger partial charge in [0.1, 0.15) is 0 Å². The summed E-state index contributed by atoms with van der Waals surface area (Å²) in [6, 6.07) is 12.2. The van der Waals surface area contributed by atoms with Gasteiger partial charge >= 0.3 is 0 Å². The number of nitrogens with zero attached hydrogens (tertiary/aromatic N) is 2. The zero-order valence-corrected chi connectivity index (χ0v) is 33.0. The lowest BCUT2D eigenvalue weighted by molar-refractivity contribution is 0.0979. The summed E-state index contributed by atoms with van der Waals surface area (Å²) in [7, 11) is 0. The summed E-state index contributed by atoms with van der Waals surface area (Å²) in [4.78, 5) is 33.1. The molecule has 4 heteroatoms. The van der Waals surface area contributed by atoms with Crippen LogP contribution in [0.3, 0.4) is 0 Å². The molecule has 4 nitrogen and oxygen atoms in total. The fourth-order valence-corrected chi connectivity index (χ4v) is 7.59. The van der Waals surface area contributed by atoms with Crippen molar-refractivity contribution in [1.29, 1.82) is 0 Å². The van der Waals surface area contributed by atoms with Crippen LogP contribution in [0.4, 0.5) is 11.4 Å². The number of carbonyl (C=O) groups is 2. The Morgan fingerprint density at radius 1 is 0.340 bits per heavy atom. The number of rotatable bonds is 30. The third kappa shape index (κ3) is 14.2. The largest absolute Gasteiger partial charge is 0.372 e. The van der Waals surface area contributed by atoms with E-state index >= 15 is 0 Å². The number of fused-ring (bicyclic) bond motifs is 2. The summed E-state index contributed by atoms with van der Waals surface area (Å²) < 4.78 is 0. The molecule has 2 aromatic carbocycles. The standard InChI is InChI=1S/C46H74N2O2/c1-5-9-13-17-21-25-33-47(34-26-22-18-14-10-6-2)39-29-31-41-43(37-39)45(49)42-32-30-40(38-44(42)46(41)50)48(35-27-23-19-15-11-7-3)36-28-24-20-16-12-8-4/h29-32,37-38H,5-28,33-36H2,1-4H3.